The van der Waals surface area contributed by atoms with E-state index in [-0.39, 0.29) is 0 Å². The van der Waals surface area contributed by atoms with Crippen molar-refractivity contribution in [3.8, 4) is 0 Å². The Bertz CT molecular complexity index is 919. The first-order chi connectivity index (χ1) is 14.7. The van der Waals surface area contributed by atoms with Crippen LogP contribution >= 0.6 is 7.26 Å². The van der Waals surface area contributed by atoms with Crippen molar-refractivity contribution in [2.75, 3.05) is 6.61 Å². The van der Waals surface area contributed by atoms with E-state index >= 15 is 0 Å². The zero-order chi connectivity index (χ0) is 20.8. The summed E-state index contributed by atoms with van der Waals surface area (Å²) in [5.41, 5.74) is 1.30. The summed E-state index contributed by atoms with van der Waals surface area (Å²) in [6.07, 6.45) is 5.49. The summed E-state index contributed by atoms with van der Waals surface area (Å²) in [7, 11) is -2.40. The maximum atomic E-state index is 6.43. The Morgan fingerprint density at radius 3 is 1.63 bits per heavy atom. The van der Waals surface area contributed by atoms with Crippen LogP contribution in [0.2, 0.25) is 0 Å². The number of ether oxygens (including phenoxy) is 1. The quantitative estimate of drug-likeness (QED) is 0.336. The van der Waals surface area contributed by atoms with Crippen LogP contribution in [0.3, 0.4) is 0 Å². The zero-order valence-electron chi connectivity index (χ0n) is 18.0. The van der Waals surface area contributed by atoms with Crippen LogP contribution in [0.15, 0.2) is 114 Å². The normalized spacial score (nSPS) is 14.5. The summed E-state index contributed by atoms with van der Waals surface area (Å²) in [6.45, 7) is 4.92. The molecule has 0 bridgehead atoms. The van der Waals surface area contributed by atoms with Crippen molar-refractivity contribution in [1.29, 1.82) is 0 Å². The number of allylic oxidation sites excluding steroid dienone is 3. The molecule has 0 unspecified atom stereocenters. The fourth-order valence-corrected chi connectivity index (χ4v) is 9.96. The number of benzene rings is 3. The Morgan fingerprint density at radius 1 is 0.733 bits per heavy atom. The van der Waals surface area contributed by atoms with E-state index < -0.39 is 7.26 Å². The van der Waals surface area contributed by atoms with Crippen LogP contribution in [0.5, 0.6) is 0 Å². The van der Waals surface area contributed by atoms with Crippen LogP contribution in [0.4, 0.5) is 0 Å². The molecule has 0 spiro atoms. The minimum atomic E-state index is -2.40. The van der Waals surface area contributed by atoms with Crippen LogP contribution in [-0.4, -0.2) is 6.61 Å². The van der Waals surface area contributed by atoms with Crippen molar-refractivity contribution in [3.63, 3.8) is 0 Å². The molecule has 2 heteroatoms. The molecule has 3 aromatic rings. The van der Waals surface area contributed by atoms with E-state index in [1.165, 1.54) is 39.0 Å². The van der Waals surface area contributed by atoms with Gasteiger partial charge >= 0.3 is 181 Å². The second kappa shape index (κ2) is 9.45. The molecule has 1 nitrogen and oxygen atoms in total. The van der Waals surface area contributed by atoms with Gasteiger partial charge in [-0.2, -0.15) is 0 Å². The molecule has 0 saturated carbocycles. The van der Waals surface area contributed by atoms with E-state index in [9.17, 15) is 0 Å². The van der Waals surface area contributed by atoms with Gasteiger partial charge in [-0.05, 0) is 0 Å². The molecule has 0 heterocycles. The second-order valence-corrected chi connectivity index (χ2v) is 12.0. The molecule has 3 aromatic carbocycles. The average Bonchev–Trinajstić information content (AvgIpc) is 3.25. The van der Waals surface area contributed by atoms with Gasteiger partial charge in [0.1, 0.15) is 0 Å². The van der Waals surface area contributed by atoms with Gasteiger partial charge in [0.15, 0.2) is 0 Å². The Kier molecular flexibility index (Phi) is 6.50. The van der Waals surface area contributed by atoms with Crippen molar-refractivity contribution < 1.29 is 4.74 Å². The Hall–Kier alpha value is -2.63. The summed E-state index contributed by atoms with van der Waals surface area (Å²) in [5.74, 6) is 1.22. The summed E-state index contributed by atoms with van der Waals surface area (Å²) in [6, 6.07) is 33.4. The number of rotatable bonds is 7. The van der Waals surface area contributed by atoms with Gasteiger partial charge in [0.25, 0.3) is 0 Å². The van der Waals surface area contributed by atoms with E-state index in [0.717, 1.165) is 12.8 Å². The molecule has 0 saturated heterocycles. The van der Waals surface area contributed by atoms with Crippen LogP contribution in [0.1, 0.15) is 33.1 Å². The molecule has 0 amide bonds. The van der Waals surface area contributed by atoms with Gasteiger partial charge in [0, 0.05) is 0 Å². The zero-order valence-corrected chi connectivity index (χ0v) is 19.0. The van der Waals surface area contributed by atoms with E-state index in [4.69, 9.17) is 4.74 Å². The van der Waals surface area contributed by atoms with E-state index in [1.807, 2.05) is 0 Å². The first kappa shape index (κ1) is 20.6. The average molecular weight is 415 g/mol. The molecule has 0 aromatic heterocycles. The molecular weight excluding hydrogens is 383 g/mol. The van der Waals surface area contributed by atoms with Crippen LogP contribution in [-0.2, 0) is 4.74 Å². The van der Waals surface area contributed by atoms with Gasteiger partial charge in [-0.3, -0.25) is 0 Å². The summed E-state index contributed by atoms with van der Waals surface area (Å²) >= 11 is 0. The summed E-state index contributed by atoms with van der Waals surface area (Å²) in [5, 5.41) is 5.83. The van der Waals surface area contributed by atoms with Gasteiger partial charge in [-0.15, -0.1) is 0 Å². The standard InChI is InChI=1S/C28H31OP/c1-23(2)21-22-29-27-19-12-20-28(27)30(24-13-6-3-7-14-24,25-15-8-4-9-16-25)26-17-10-5-11-18-26/h3-11,13-18,21,30H,12,19-20,22H2,1-2H3. The number of hydrogen-bond donors (Lipinski definition) is 0. The Labute approximate surface area is 181 Å². The van der Waals surface area contributed by atoms with E-state index in [2.05, 4.69) is 111 Å². The van der Waals surface area contributed by atoms with Crippen LogP contribution in [0, 0.1) is 0 Å². The first-order valence-corrected chi connectivity index (χ1v) is 12.9. The van der Waals surface area contributed by atoms with Gasteiger partial charge in [-0.1, -0.05) is 0 Å². The molecular formula is C28H31OP. The molecule has 0 atom stereocenters. The second-order valence-electron chi connectivity index (χ2n) is 8.20. The van der Waals surface area contributed by atoms with Crippen LogP contribution < -0.4 is 15.9 Å². The van der Waals surface area contributed by atoms with Crippen molar-refractivity contribution in [2.24, 2.45) is 0 Å². The molecule has 30 heavy (non-hydrogen) atoms. The SMILES string of the molecule is CC(C)=CCOC1=C([PH](c2ccccc2)(c2ccccc2)c2ccccc2)CCC1. The van der Waals surface area contributed by atoms with Gasteiger partial charge in [0.2, 0.25) is 0 Å². The molecule has 0 fully saturated rings. The molecule has 1 aliphatic carbocycles. The minimum absolute atomic E-state index is 0.657. The Balaban J connectivity index is 1.99. The molecule has 4 rings (SSSR count). The Morgan fingerprint density at radius 2 is 1.20 bits per heavy atom. The van der Waals surface area contributed by atoms with Crippen molar-refractivity contribution in [2.45, 2.75) is 33.1 Å². The topological polar surface area (TPSA) is 9.23 Å². The fraction of sp³-hybridized carbons (Fsp3) is 0.214. The maximum absolute atomic E-state index is 6.43. The fourth-order valence-electron chi connectivity index (χ4n) is 4.67. The molecule has 1 aliphatic rings. The third-order valence-corrected chi connectivity index (χ3v) is 11.0. The number of hydrogen-bond acceptors (Lipinski definition) is 1. The van der Waals surface area contributed by atoms with Gasteiger partial charge in [-0.25, -0.2) is 0 Å². The predicted octanol–water partition coefficient (Wildman–Crippen LogP) is 6.09. The van der Waals surface area contributed by atoms with Gasteiger partial charge in [0.05, 0.1) is 0 Å². The first-order valence-electron chi connectivity index (χ1n) is 10.9. The predicted molar refractivity (Wildman–Crippen MR) is 133 cm³/mol. The third-order valence-electron chi connectivity index (χ3n) is 5.99. The molecule has 154 valence electrons. The summed E-state index contributed by atoms with van der Waals surface area (Å²) < 4.78 is 6.43. The van der Waals surface area contributed by atoms with Crippen LogP contribution in [0.25, 0.3) is 0 Å². The van der Waals surface area contributed by atoms with E-state index in [0.29, 0.717) is 6.61 Å². The van der Waals surface area contributed by atoms with Gasteiger partial charge < -0.3 is 0 Å². The third kappa shape index (κ3) is 4.00. The van der Waals surface area contributed by atoms with Crippen molar-refractivity contribution in [1.82, 2.24) is 0 Å². The molecule has 0 aliphatic heterocycles. The summed E-state index contributed by atoms with van der Waals surface area (Å²) in [4.78, 5) is 0. The van der Waals surface area contributed by atoms with Crippen molar-refractivity contribution >= 4 is 23.2 Å². The molecule has 0 N–H and O–H groups in total. The monoisotopic (exact) mass is 414 g/mol. The van der Waals surface area contributed by atoms with E-state index in [1.54, 1.807) is 0 Å². The van der Waals surface area contributed by atoms with Crippen molar-refractivity contribution in [3.05, 3.63) is 114 Å². The molecule has 0 radical (unpaired) electrons.